The number of hydrogen-bond donors (Lipinski definition) is 1. The Kier molecular flexibility index (Phi) is 3.46. The molecular formula is C10H12N6O2. The molecule has 0 aliphatic carbocycles. The molecule has 0 spiro atoms. The van der Waals surface area contributed by atoms with E-state index in [9.17, 15) is 10.1 Å². The molecule has 0 aliphatic rings. The Morgan fingerprint density at radius 2 is 2.33 bits per heavy atom. The van der Waals surface area contributed by atoms with Crippen molar-refractivity contribution in [3.05, 3.63) is 40.3 Å². The third-order valence-corrected chi connectivity index (χ3v) is 2.18. The van der Waals surface area contributed by atoms with Gasteiger partial charge in [-0.15, -0.1) is 0 Å². The van der Waals surface area contributed by atoms with Gasteiger partial charge in [0.2, 0.25) is 6.33 Å². The molecule has 2 aromatic rings. The van der Waals surface area contributed by atoms with Gasteiger partial charge in [-0.25, -0.2) is 4.98 Å². The molecule has 0 saturated heterocycles. The van der Waals surface area contributed by atoms with Crippen LogP contribution in [0.1, 0.15) is 12.6 Å². The first-order valence-corrected chi connectivity index (χ1v) is 5.42. The molecular weight excluding hydrogens is 236 g/mol. The Morgan fingerprint density at radius 1 is 1.50 bits per heavy atom. The van der Waals surface area contributed by atoms with Crippen LogP contribution in [0.5, 0.6) is 0 Å². The average molecular weight is 248 g/mol. The van der Waals surface area contributed by atoms with Crippen molar-refractivity contribution in [2.75, 3.05) is 11.9 Å². The molecule has 18 heavy (non-hydrogen) atoms. The van der Waals surface area contributed by atoms with Crippen LogP contribution >= 0.6 is 0 Å². The van der Waals surface area contributed by atoms with Crippen molar-refractivity contribution in [2.24, 2.45) is 0 Å². The molecule has 0 amide bonds. The first-order chi connectivity index (χ1) is 8.69. The summed E-state index contributed by atoms with van der Waals surface area (Å²) < 4.78 is 1.39. The van der Waals surface area contributed by atoms with E-state index in [4.69, 9.17) is 0 Å². The van der Waals surface area contributed by atoms with Gasteiger partial charge in [0.15, 0.2) is 0 Å². The highest BCUT2D eigenvalue weighted by Crippen LogP contribution is 2.07. The maximum Gasteiger partial charge on any atom is 0.490 e. The van der Waals surface area contributed by atoms with Crippen molar-refractivity contribution in [3.63, 3.8) is 0 Å². The molecule has 0 unspecified atom stereocenters. The van der Waals surface area contributed by atoms with E-state index < -0.39 is 10.9 Å². The maximum atomic E-state index is 10.4. The normalized spacial score (nSPS) is 10.3. The van der Waals surface area contributed by atoms with Crippen LogP contribution in [0.2, 0.25) is 0 Å². The summed E-state index contributed by atoms with van der Waals surface area (Å²) in [5.41, 5.74) is 0.758. The lowest BCUT2D eigenvalue weighted by Crippen LogP contribution is -2.05. The topological polar surface area (TPSA) is 98.8 Å². The van der Waals surface area contributed by atoms with Crippen LogP contribution < -0.4 is 5.32 Å². The Morgan fingerprint density at radius 3 is 3.00 bits per heavy atom. The molecule has 8 nitrogen and oxygen atoms in total. The highest BCUT2D eigenvalue weighted by Gasteiger charge is 2.13. The Labute approximate surface area is 103 Å². The van der Waals surface area contributed by atoms with E-state index in [-0.39, 0.29) is 0 Å². The van der Waals surface area contributed by atoms with Crippen LogP contribution in [0.15, 0.2) is 24.5 Å². The molecule has 2 heterocycles. The predicted octanol–water partition coefficient (Wildman–Crippen LogP) is 1.06. The van der Waals surface area contributed by atoms with Crippen molar-refractivity contribution < 1.29 is 4.92 Å². The van der Waals surface area contributed by atoms with Crippen molar-refractivity contribution >= 4 is 11.8 Å². The van der Waals surface area contributed by atoms with Crippen LogP contribution in [-0.4, -0.2) is 31.2 Å². The monoisotopic (exact) mass is 248 g/mol. The highest BCUT2D eigenvalue weighted by molar-refractivity contribution is 5.35. The Balaban J connectivity index is 2.12. The van der Waals surface area contributed by atoms with Crippen LogP contribution in [0.4, 0.5) is 11.8 Å². The van der Waals surface area contributed by atoms with Gasteiger partial charge in [0.1, 0.15) is 12.4 Å². The summed E-state index contributed by atoms with van der Waals surface area (Å²) in [5.74, 6) is 0.363. The van der Waals surface area contributed by atoms with Gasteiger partial charge in [0.25, 0.3) is 0 Å². The molecule has 0 saturated carbocycles. The van der Waals surface area contributed by atoms with Crippen molar-refractivity contribution in [1.29, 1.82) is 0 Å². The van der Waals surface area contributed by atoms with E-state index >= 15 is 0 Å². The predicted molar refractivity (Wildman–Crippen MR) is 64.2 cm³/mol. The second-order valence-corrected chi connectivity index (χ2v) is 3.54. The summed E-state index contributed by atoms with van der Waals surface area (Å²) in [4.78, 5) is 17.7. The van der Waals surface area contributed by atoms with Crippen LogP contribution in [0.25, 0.3) is 0 Å². The quantitative estimate of drug-likeness (QED) is 0.627. The van der Waals surface area contributed by atoms with Gasteiger partial charge in [0, 0.05) is 11.6 Å². The first kappa shape index (κ1) is 12.0. The van der Waals surface area contributed by atoms with Gasteiger partial charge in [-0.1, -0.05) is 11.1 Å². The van der Waals surface area contributed by atoms with Gasteiger partial charge in [-0.05, 0) is 24.0 Å². The van der Waals surface area contributed by atoms with Gasteiger partial charge in [-0.3, -0.25) is 0 Å². The summed E-state index contributed by atoms with van der Waals surface area (Å²) in [5, 5.41) is 17.3. The fourth-order valence-corrected chi connectivity index (χ4v) is 1.46. The van der Waals surface area contributed by atoms with E-state index in [0.717, 1.165) is 18.1 Å². The third kappa shape index (κ3) is 2.78. The molecule has 8 heteroatoms. The molecule has 0 aromatic carbocycles. The maximum absolute atomic E-state index is 10.4. The largest absolute Gasteiger partial charge is 0.490 e. The van der Waals surface area contributed by atoms with E-state index in [1.54, 1.807) is 0 Å². The molecule has 0 aliphatic heterocycles. The fourth-order valence-electron chi connectivity index (χ4n) is 1.46. The van der Waals surface area contributed by atoms with E-state index in [1.807, 2.05) is 25.1 Å². The number of aromatic nitrogens is 4. The number of nitrogens with zero attached hydrogens (tertiary/aromatic N) is 5. The second-order valence-electron chi connectivity index (χ2n) is 3.54. The zero-order valence-corrected chi connectivity index (χ0v) is 9.78. The van der Waals surface area contributed by atoms with Gasteiger partial charge >= 0.3 is 5.95 Å². The van der Waals surface area contributed by atoms with Gasteiger partial charge < -0.3 is 15.4 Å². The third-order valence-electron chi connectivity index (χ3n) is 2.18. The Bertz CT molecular complexity index is 553. The minimum Gasteiger partial charge on any atom is -0.390 e. The molecule has 0 radical (unpaired) electrons. The second kappa shape index (κ2) is 5.21. The number of pyridine rings is 1. The molecule has 2 aromatic heterocycles. The van der Waals surface area contributed by atoms with Crippen LogP contribution in [0.3, 0.4) is 0 Å². The summed E-state index contributed by atoms with van der Waals surface area (Å²) in [7, 11) is 0. The molecule has 0 bridgehead atoms. The van der Waals surface area contributed by atoms with E-state index in [0.29, 0.717) is 6.54 Å². The summed E-state index contributed by atoms with van der Waals surface area (Å²) in [6.45, 7) is 3.11. The Hall–Kier alpha value is -2.51. The molecule has 2 rings (SSSR count). The van der Waals surface area contributed by atoms with Crippen molar-refractivity contribution in [2.45, 2.75) is 13.5 Å². The van der Waals surface area contributed by atoms with Crippen molar-refractivity contribution in [3.8, 4) is 0 Å². The lowest BCUT2D eigenvalue weighted by Gasteiger charge is -2.03. The number of hydrogen-bond acceptors (Lipinski definition) is 6. The zero-order chi connectivity index (χ0) is 13.0. The summed E-state index contributed by atoms with van der Waals surface area (Å²) in [6, 6.07) is 5.55. The van der Waals surface area contributed by atoms with Crippen LogP contribution in [0, 0.1) is 10.1 Å². The minimum absolute atomic E-state index is 0.347. The molecule has 94 valence electrons. The zero-order valence-electron chi connectivity index (χ0n) is 9.78. The number of rotatable bonds is 5. The fraction of sp³-hybridized carbons (Fsp3) is 0.300. The number of nitrogens with one attached hydrogen (secondary N) is 1. The van der Waals surface area contributed by atoms with Gasteiger partial charge in [0.05, 0.1) is 5.69 Å². The lowest BCUT2D eigenvalue weighted by molar-refractivity contribution is -0.394. The highest BCUT2D eigenvalue weighted by atomic mass is 16.6. The molecule has 0 fully saturated rings. The summed E-state index contributed by atoms with van der Waals surface area (Å²) >= 11 is 0. The minimum atomic E-state index is -0.626. The van der Waals surface area contributed by atoms with Crippen molar-refractivity contribution in [1.82, 2.24) is 19.7 Å². The standard InChI is InChI=1S/C10H12N6O2/c1-2-11-9-5-3-4-8(13-9)6-15-7-12-10(14-15)16(17)18/h3-5,7H,2,6H2,1H3,(H,11,13). The number of nitro groups is 1. The van der Waals surface area contributed by atoms with E-state index in [2.05, 4.69) is 20.4 Å². The average Bonchev–Trinajstić information content (AvgIpc) is 2.78. The number of anilines is 1. The molecule has 1 N–H and O–H groups in total. The van der Waals surface area contributed by atoms with Crippen LogP contribution in [-0.2, 0) is 6.54 Å². The first-order valence-electron chi connectivity index (χ1n) is 5.42. The van der Waals surface area contributed by atoms with E-state index in [1.165, 1.54) is 11.0 Å². The summed E-state index contributed by atoms with van der Waals surface area (Å²) in [6.07, 6.45) is 1.32. The SMILES string of the molecule is CCNc1cccc(Cn2cnc([N+](=O)[O-])n2)n1. The lowest BCUT2D eigenvalue weighted by atomic mass is 10.3. The molecule has 0 atom stereocenters. The van der Waals surface area contributed by atoms with Gasteiger partial charge in [-0.2, -0.15) is 4.68 Å². The smallest absolute Gasteiger partial charge is 0.390 e.